The molecule has 0 aliphatic heterocycles. The van der Waals surface area contributed by atoms with Crippen LogP contribution in [0.5, 0.6) is 0 Å². The number of rotatable bonds is 1. The van der Waals surface area contributed by atoms with Crippen LogP contribution in [-0.2, 0) is 6.37 Å². The molecule has 0 fully saturated rings. The molecule has 0 unspecified atom stereocenters. The fraction of sp³-hybridized carbons (Fsp3) is 0.333. The molecule has 0 N–H and O–H groups in total. The van der Waals surface area contributed by atoms with Gasteiger partial charge in [-0.2, -0.15) is 0 Å². The number of halogens is 2. The Hall–Kier alpha value is -0.150. The van der Waals surface area contributed by atoms with Crippen molar-refractivity contribution in [1.29, 1.82) is 0 Å². The van der Waals surface area contributed by atoms with E-state index >= 15 is 0 Å². The van der Waals surface area contributed by atoms with Gasteiger partial charge in [-0.05, 0) is 33.9 Å². The molecule has 0 aromatic carbocycles. The second-order valence-corrected chi connectivity index (χ2v) is 2.65. The van der Waals surface area contributed by atoms with E-state index in [2.05, 4.69) is 25.9 Å². The number of aryl methyl sites for hydroxylation is 1. The minimum Gasteiger partial charge on any atom is -0.225 e. The maximum absolute atomic E-state index is 7.48. The second-order valence-electron chi connectivity index (χ2n) is 1.46. The fourth-order valence-electron chi connectivity index (χ4n) is 0.433. The third kappa shape index (κ3) is 1.67. The Bertz CT molecular complexity index is 380. The molecular formula is C6H6BrClN2. The van der Waals surface area contributed by atoms with Gasteiger partial charge < -0.3 is 0 Å². The Kier molecular flexibility index (Phi) is 1.16. The Labute approximate surface area is 79.8 Å². The van der Waals surface area contributed by atoms with Crippen molar-refractivity contribution in [2.75, 3.05) is 0 Å². The van der Waals surface area contributed by atoms with E-state index in [1.54, 1.807) is 0 Å². The highest BCUT2D eigenvalue weighted by Gasteiger charge is 1.99. The Balaban J connectivity index is 3.32. The van der Waals surface area contributed by atoms with Crippen molar-refractivity contribution in [3.05, 3.63) is 21.6 Å². The van der Waals surface area contributed by atoms with E-state index in [0.717, 1.165) is 0 Å². The molecule has 10 heavy (non-hydrogen) atoms. The first-order valence-electron chi connectivity index (χ1n) is 4.85. The Morgan fingerprint density at radius 3 is 3.50 bits per heavy atom. The Morgan fingerprint density at radius 1 is 2.00 bits per heavy atom. The summed E-state index contributed by atoms with van der Waals surface area (Å²) in [5, 5.41) is -0.193. The summed E-state index contributed by atoms with van der Waals surface area (Å²) in [6, 6.07) is 0. The maximum atomic E-state index is 7.48. The molecule has 1 aromatic heterocycles. The van der Waals surface area contributed by atoms with Gasteiger partial charge in [0.05, 0.1) is 10.2 Å². The lowest BCUT2D eigenvalue weighted by Gasteiger charge is -1.97. The van der Waals surface area contributed by atoms with Gasteiger partial charge in [-0.15, -0.1) is 0 Å². The lowest BCUT2D eigenvalue weighted by molar-refractivity contribution is 0.984. The van der Waals surface area contributed by atoms with E-state index in [-0.39, 0.29) is 15.5 Å². The predicted molar refractivity (Wildman–Crippen MR) is 44.1 cm³/mol. The first kappa shape index (κ1) is 3.50. The number of aromatic nitrogens is 2. The highest BCUT2D eigenvalue weighted by atomic mass is 79.9. The summed E-state index contributed by atoms with van der Waals surface area (Å²) in [6.45, 7) is -2.81. The molecule has 0 saturated heterocycles. The van der Waals surface area contributed by atoms with Crippen molar-refractivity contribution in [1.82, 2.24) is 9.97 Å². The molecule has 4 heteroatoms. The normalized spacial score (nSPS) is 20.0. The van der Waals surface area contributed by atoms with E-state index in [9.17, 15) is 0 Å². The Morgan fingerprint density at radius 2 is 2.80 bits per heavy atom. The van der Waals surface area contributed by atoms with Crippen LogP contribution < -0.4 is 0 Å². The van der Waals surface area contributed by atoms with Crippen molar-refractivity contribution in [2.45, 2.75) is 13.2 Å². The van der Waals surface area contributed by atoms with Gasteiger partial charge in [0.1, 0.15) is 0 Å². The maximum Gasteiger partial charge on any atom is 0.222 e. The van der Waals surface area contributed by atoms with Crippen molar-refractivity contribution < 1.29 is 6.85 Å². The summed E-state index contributed by atoms with van der Waals surface area (Å²) in [4.78, 5) is 7.18. The van der Waals surface area contributed by atoms with Gasteiger partial charge in [0, 0.05) is 13.1 Å². The summed E-state index contributed by atoms with van der Waals surface area (Å²) >= 11 is 8.46. The van der Waals surface area contributed by atoms with E-state index in [0.29, 0.717) is 0 Å². The van der Waals surface area contributed by atoms with Gasteiger partial charge in [0.15, 0.2) is 0 Å². The van der Waals surface area contributed by atoms with E-state index in [1.165, 1.54) is 6.20 Å². The highest BCUT2D eigenvalue weighted by molar-refractivity contribution is 9.10. The zero-order chi connectivity index (χ0) is 11.9. The number of nitrogens with zero attached hydrogens (tertiary/aromatic N) is 2. The van der Waals surface area contributed by atoms with Crippen LogP contribution in [0.25, 0.3) is 0 Å². The summed E-state index contributed by atoms with van der Waals surface area (Å²) < 4.78 is 36.4. The van der Waals surface area contributed by atoms with Gasteiger partial charge >= 0.3 is 0 Å². The van der Waals surface area contributed by atoms with Crippen LogP contribution in [-0.4, -0.2) is 9.97 Å². The second kappa shape index (κ2) is 3.30. The van der Waals surface area contributed by atoms with Gasteiger partial charge in [-0.3, -0.25) is 0 Å². The molecule has 1 heterocycles. The van der Waals surface area contributed by atoms with E-state index < -0.39 is 13.2 Å². The zero-order valence-electron chi connectivity index (χ0n) is 9.73. The minimum atomic E-state index is -2.81. The molecule has 54 valence electrons. The average molecular weight is 227 g/mol. The molecule has 0 spiro atoms. The topological polar surface area (TPSA) is 25.8 Å². The van der Waals surface area contributed by atoms with Gasteiger partial charge in [0.2, 0.25) is 5.28 Å². The van der Waals surface area contributed by atoms with Crippen LogP contribution in [0, 0.1) is 0 Å². The standard InChI is InChI=1S/C6H6BrClN2/c1-2-5-4(7)3-9-6(8)10-5/h3H,2H2,1H3/i1D3,2D2. The van der Waals surface area contributed by atoms with Crippen LogP contribution in [0.15, 0.2) is 10.7 Å². The molecule has 0 saturated carbocycles. The van der Waals surface area contributed by atoms with Crippen LogP contribution in [0.4, 0.5) is 0 Å². The van der Waals surface area contributed by atoms with Gasteiger partial charge in [0.25, 0.3) is 0 Å². The van der Waals surface area contributed by atoms with E-state index in [4.69, 9.17) is 18.5 Å². The predicted octanol–water partition coefficient (Wildman–Crippen LogP) is 2.45. The van der Waals surface area contributed by atoms with Crippen LogP contribution in [0.2, 0.25) is 5.28 Å². The summed E-state index contributed by atoms with van der Waals surface area (Å²) in [5.41, 5.74) is -0.275. The largest absolute Gasteiger partial charge is 0.225 e. The molecule has 0 amide bonds. The average Bonchev–Trinajstić information content (AvgIpc) is 2.07. The van der Waals surface area contributed by atoms with Crippen LogP contribution in [0.3, 0.4) is 0 Å². The van der Waals surface area contributed by atoms with Crippen molar-refractivity contribution >= 4 is 27.5 Å². The van der Waals surface area contributed by atoms with Gasteiger partial charge in [-0.1, -0.05) is 6.85 Å². The number of hydrogen-bond donors (Lipinski definition) is 0. The molecule has 1 rings (SSSR count). The summed E-state index contributed by atoms with van der Waals surface area (Å²) in [5.74, 6) is 0. The molecule has 0 aliphatic carbocycles. The molecule has 0 bridgehead atoms. The first-order valence-corrected chi connectivity index (χ1v) is 3.52. The lowest BCUT2D eigenvalue weighted by Crippen LogP contribution is -1.90. The number of hydrogen-bond acceptors (Lipinski definition) is 2. The van der Waals surface area contributed by atoms with Crippen molar-refractivity contribution in [2.24, 2.45) is 0 Å². The smallest absolute Gasteiger partial charge is 0.222 e. The van der Waals surface area contributed by atoms with Crippen LogP contribution >= 0.6 is 27.5 Å². The molecular weight excluding hydrogens is 215 g/mol. The lowest BCUT2D eigenvalue weighted by atomic mass is 10.3. The first-order chi connectivity index (χ1) is 6.66. The SMILES string of the molecule is [2H]C([2H])([2H])C([2H])([2H])c1nc(Cl)ncc1Br. The quantitative estimate of drug-likeness (QED) is 0.688. The minimum absolute atomic E-state index is 0.174. The summed E-state index contributed by atoms with van der Waals surface area (Å²) in [6.07, 6.45) is -1.35. The fourth-order valence-corrected chi connectivity index (χ4v) is 0.857. The third-order valence-electron chi connectivity index (χ3n) is 0.833. The highest BCUT2D eigenvalue weighted by Crippen LogP contribution is 2.14. The third-order valence-corrected chi connectivity index (χ3v) is 1.60. The molecule has 0 atom stereocenters. The molecule has 1 aromatic rings. The van der Waals surface area contributed by atoms with E-state index in [1.807, 2.05) is 0 Å². The monoisotopic (exact) mass is 225 g/mol. The zero-order valence-corrected chi connectivity index (χ0v) is 7.07. The molecule has 0 radical (unpaired) electrons. The van der Waals surface area contributed by atoms with Gasteiger partial charge in [-0.25, -0.2) is 9.97 Å². The van der Waals surface area contributed by atoms with Crippen LogP contribution in [0.1, 0.15) is 19.4 Å². The molecule has 2 nitrogen and oxygen atoms in total. The molecule has 0 aliphatic rings. The van der Waals surface area contributed by atoms with Crippen molar-refractivity contribution in [3.63, 3.8) is 0 Å². The summed E-state index contributed by atoms with van der Waals surface area (Å²) in [7, 11) is 0. The van der Waals surface area contributed by atoms with Crippen molar-refractivity contribution in [3.8, 4) is 0 Å².